The minimum absolute atomic E-state index is 0.154. The van der Waals surface area contributed by atoms with Crippen LogP contribution in [0.25, 0.3) is 10.8 Å². The van der Waals surface area contributed by atoms with Gasteiger partial charge >= 0.3 is 19.4 Å². The summed E-state index contributed by atoms with van der Waals surface area (Å²) < 4.78 is 31.6. The Bertz CT molecular complexity index is 1330. The summed E-state index contributed by atoms with van der Waals surface area (Å²) in [5.74, 6) is -0.880. The topological polar surface area (TPSA) is 103 Å². The number of nitrogens with zero attached hydrogens (tertiary/aromatic N) is 1. The highest BCUT2D eigenvalue weighted by molar-refractivity contribution is 7.82. The zero-order chi connectivity index (χ0) is 28.1. The largest absolute Gasteiger partial charge is 0.514 e. The van der Waals surface area contributed by atoms with Gasteiger partial charge in [0.25, 0.3) is 4.92 Å². The SMILES string of the molecule is CO[N+](=O)c1ccc(OP(=O)(NC(C)(S)C(C)C(=O)OCC(C)(C)C)Oc2cccc3ccccc23)cc1. The van der Waals surface area contributed by atoms with E-state index in [0.29, 0.717) is 10.7 Å². The van der Waals surface area contributed by atoms with E-state index < -0.39 is 24.5 Å². The molecule has 0 amide bonds. The molecular weight excluding hydrogens is 527 g/mol. The maximum absolute atomic E-state index is 14.3. The lowest BCUT2D eigenvalue weighted by molar-refractivity contribution is -0.736. The third-order valence-corrected chi connectivity index (χ3v) is 7.92. The van der Waals surface area contributed by atoms with Crippen LogP contribution in [0.5, 0.6) is 11.5 Å². The van der Waals surface area contributed by atoms with Crippen LogP contribution in [0.3, 0.4) is 0 Å². The Labute approximate surface area is 228 Å². The van der Waals surface area contributed by atoms with Crippen molar-refractivity contribution in [2.75, 3.05) is 13.7 Å². The molecule has 0 spiro atoms. The Kier molecular flexibility index (Phi) is 9.13. The molecule has 11 heteroatoms. The molecule has 3 atom stereocenters. The fraction of sp³-hybridized carbons (Fsp3) is 0.370. The Hall–Kier alpha value is -3.07. The van der Waals surface area contributed by atoms with E-state index in [2.05, 4.69) is 22.6 Å². The first-order chi connectivity index (χ1) is 17.7. The number of fused-ring (bicyclic) bond motifs is 1. The van der Waals surface area contributed by atoms with Crippen molar-refractivity contribution < 1.29 is 32.9 Å². The normalized spacial score (nSPS) is 15.6. The van der Waals surface area contributed by atoms with Crippen molar-refractivity contribution in [2.45, 2.75) is 39.5 Å². The first-order valence-corrected chi connectivity index (χ1v) is 14.0. The summed E-state index contributed by atoms with van der Waals surface area (Å²) in [5, 5.41) is 4.43. The van der Waals surface area contributed by atoms with Crippen molar-refractivity contribution >= 4 is 42.8 Å². The van der Waals surface area contributed by atoms with Gasteiger partial charge in [0.2, 0.25) is 0 Å². The number of benzene rings is 3. The van der Waals surface area contributed by atoms with Gasteiger partial charge in [0.15, 0.2) is 7.11 Å². The molecule has 0 aliphatic heterocycles. The predicted octanol–water partition coefficient (Wildman–Crippen LogP) is 6.84. The lowest BCUT2D eigenvalue weighted by Gasteiger charge is -2.34. The van der Waals surface area contributed by atoms with Crippen molar-refractivity contribution in [2.24, 2.45) is 11.3 Å². The van der Waals surface area contributed by atoms with Crippen LogP contribution in [0.2, 0.25) is 0 Å². The molecular formula is C27H34N2O7PS+. The highest BCUT2D eigenvalue weighted by Gasteiger charge is 2.43. The van der Waals surface area contributed by atoms with Gasteiger partial charge in [-0.25, -0.2) is 9.40 Å². The Balaban J connectivity index is 1.93. The van der Waals surface area contributed by atoms with Crippen LogP contribution in [0.4, 0.5) is 5.69 Å². The van der Waals surface area contributed by atoms with E-state index in [1.807, 2.05) is 51.1 Å². The average molecular weight is 562 g/mol. The predicted molar refractivity (Wildman–Crippen MR) is 150 cm³/mol. The zero-order valence-electron chi connectivity index (χ0n) is 22.3. The minimum Gasteiger partial charge on any atom is -0.465 e. The second kappa shape index (κ2) is 11.8. The monoisotopic (exact) mass is 561 g/mol. The van der Waals surface area contributed by atoms with E-state index in [9.17, 15) is 14.3 Å². The van der Waals surface area contributed by atoms with E-state index >= 15 is 0 Å². The summed E-state index contributed by atoms with van der Waals surface area (Å²) in [6, 6.07) is 18.6. The lowest BCUT2D eigenvalue weighted by atomic mass is 9.98. The Morgan fingerprint density at radius 1 is 1.00 bits per heavy atom. The van der Waals surface area contributed by atoms with Crippen molar-refractivity contribution in [1.82, 2.24) is 5.09 Å². The summed E-state index contributed by atoms with van der Waals surface area (Å²) in [6.45, 7) is 9.28. The molecule has 0 radical (unpaired) electrons. The molecule has 3 unspecified atom stereocenters. The van der Waals surface area contributed by atoms with Crippen LogP contribution >= 0.6 is 20.4 Å². The fourth-order valence-electron chi connectivity index (χ4n) is 3.36. The molecule has 1 N–H and O–H groups in total. The Morgan fingerprint density at radius 2 is 1.63 bits per heavy atom. The van der Waals surface area contributed by atoms with E-state index in [0.717, 1.165) is 10.8 Å². The van der Waals surface area contributed by atoms with Gasteiger partial charge in [0.05, 0.1) is 22.3 Å². The zero-order valence-corrected chi connectivity index (χ0v) is 24.1. The molecule has 3 rings (SSSR count). The van der Waals surface area contributed by atoms with Crippen molar-refractivity contribution in [3.05, 3.63) is 71.6 Å². The van der Waals surface area contributed by atoms with Crippen LogP contribution in [0.1, 0.15) is 34.6 Å². The van der Waals surface area contributed by atoms with Crippen LogP contribution in [0.15, 0.2) is 66.7 Å². The van der Waals surface area contributed by atoms with E-state index in [4.69, 9.17) is 13.8 Å². The average Bonchev–Trinajstić information content (AvgIpc) is 2.86. The van der Waals surface area contributed by atoms with Crippen LogP contribution in [-0.4, -0.2) is 29.5 Å². The number of esters is 1. The lowest BCUT2D eigenvalue weighted by Crippen LogP contribution is -2.46. The number of nitrogens with one attached hydrogen (secondary N) is 1. The molecule has 3 aromatic carbocycles. The second-order valence-corrected chi connectivity index (χ2v) is 12.8. The summed E-state index contributed by atoms with van der Waals surface area (Å²) in [6.07, 6.45) is 0. The number of hydrogen-bond donors (Lipinski definition) is 2. The minimum atomic E-state index is -4.24. The van der Waals surface area contributed by atoms with Gasteiger partial charge < -0.3 is 13.8 Å². The number of ether oxygens (including phenoxy) is 1. The van der Waals surface area contributed by atoms with Gasteiger partial charge in [0.1, 0.15) is 11.5 Å². The number of carbonyl (C=O) groups excluding carboxylic acids is 1. The smallest absolute Gasteiger partial charge is 0.465 e. The van der Waals surface area contributed by atoms with E-state index in [-0.39, 0.29) is 23.5 Å². The second-order valence-electron chi connectivity index (χ2n) is 10.2. The molecule has 0 aromatic heterocycles. The van der Waals surface area contributed by atoms with Gasteiger partial charge in [0, 0.05) is 17.5 Å². The van der Waals surface area contributed by atoms with Gasteiger partial charge in [-0.05, 0) is 42.8 Å². The summed E-state index contributed by atoms with van der Waals surface area (Å²) in [4.78, 5) is 28.1. The number of rotatable bonds is 11. The standard InChI is InChI=1S/C27H33N2O7PS/c1-19(25(30)34-18-26(2,3)4)27(5,38)28-37(32,35-22-16-14-21(15-17-22)29(31)33-6)36-24-13-9-11-20-10-7-8-12-23(20)24/h7-17,19H,18H2,1-6H3,(H-,28,32,38)/p+1. The first kappa shape index (κ1) is 29.5. The third-order valence-electron chi connectivity index (χ3n) is 5.61. The molecule has 0 saturated heterocycles. The molecule has 0 aliphatic rings. The molecule has 9 nitrogen and oxygen atoms in total. The number of hydrogen-bond acceptors (Lipinski definition) is 8. The molecule has 204 valence electrons. The van der Waals surface area contributed by atoms with Crippen LogP contribution < -0.4 is 14.1 Å². The fourth-order valence-corrected chi connectivity index (χ4v) is 5.53. The van der Waals surface area contributed by atoms with Gasteiger partial charge in [-0.1, -0.05) is 57.2 Å². The molecule has 0 heterocycles. The third kappa shape index (κ3) is 7.72. The van der Waals surface area contributed by atoms with Gasteiger partial charge in [-0.2, -0.15) is 17.7 Å². The molecule has 0 aliphatic carbocycles. The number of carbonyl (C=O) groups is 1. The maximum Gasteiger partial charge on any atom is 0.514 e. The van der Waals surface area contributed by atoms with Crippen molar-refractivity contribution in [1.29, 1.82) is 0 Å². The van der Waals surface area contributed by atoms with Crippen LogP contribution in [0, 0.1) is 16.2 Å². The molecule has 0 fully saturated rings. The first-order valence-electron chi connectivity index (χ1n) is 12.0. The van der Waals surface area contributed by atoms with Gasteiger partial charge in [-0.3, -0.25) is 4.79 Å². The molecule has 0 bridgehead atoms. The van der Waals surface area contributed by atoms with Crippen molar-refractivity contribution in [3.63, 3.8) is 0 Å². The van der Waals surface area contributed by atoms with Crippen LogP contribution in [-0.2, 0) is 18.9 Å². The highest BCUT2D eigenvalue weighted by Crippen LogP contribution is 2.50. The number of thiol groups is 1. The van der Waals surface area contributed by atoms with Gasteiger partial charge in [-0.15, -0.1) is 0 Å². The highest BCUT2D eigenvalue weighted by atomic mass is 32.1. The summed E-state index contributed by atoms with van der Waals surface area (Å²) in [7, 11) is -2.99. The Morgan fingerprint density at radius 3 is 2.26 bits per heavy atom. The van der Waals surface area contributed by atoms with E-state index in [1.54, 1.807) is 26.0 Å². The maximum atomic E-state index is 14.3. The van der Waals surface area contributed by atoms with E-state index in [1.165, 1.54) is 31.4 Å². The summed E-state index contributed by atoms with van der Waals surface area (Å²) in [5.41, 5.74) is -0.00720. The molecule has 0 saturated carbocycles. The molecule has 3 aromatic rings. The molecule has 38 heavy (non-hydrogen) atoms. The summed E-state index contributed by atoms with van der Waals surface area (Å²) >= 11 is 4.63. The quantitative estimate of drug-likeness (QED) is 0.0863. The van der Waals surface area contributed by atoms with Crippen molar-refractivity contribution in [3.8, 4) is 11.5 Å².